The number of amides is 1. The number of ketones is 1. The summed E-state index contributed by atoms with van der Waals surface area (Å²) < 4.78 is 0. The third-order valence-corrected chi connectivity index (χ3v) is 3.36. The van der Waals surface area contributed by atoms with Gasteiger partial charge in [0, 0.05) is 12.8 Å². The highest BCUT2D eigenvalue weighted by atomic mass is 32.1. The summed E-state index contributed by atoms with van der Waals surface area (Å²) in [5.74, 6) is 0.251. The van der Waals surface area contributed by atoms with Crippen molar-refractivity contribution in [1.82, 2.24) is 0 Å². The van der Waals surface area contributed by atoms with Gasteiger partial charge in [-0.25, -0.2) is 0 Å². The number of unbranched alkanes of at least 4 members (excludes halogenated alkanes) is 3. The van der Waals surface area contributed by atoms with Crippen LogP contribution in [-0.4, -0.2) is 23.1 Å². The van der Waals surface area contributed by atoms with Crippen LogP contribution in [0.15, 0.2) is 10.2 Å². The number of nitrogens with zero attached hydrogens (tertiary/aromatic N) is 2. The molecule has 0 spiro atoms. The maximum atomic E-state index is 11.4. The molecule has 1 heterocycles. The van der Waals surface area contributed by atoms with E-state index in [1.165, 1.54) is 6.42 Å². The quantitative estimate of drug-likeness (QED) is 0.343. The zero-order chi connectivity index (χ0) is 13.4. The van der Waals surface area contributed by atoms with E-state index >= 15 is 0 Å². The van der Waals surface area contributed by atoms with Gasteiger partial charge in [0.2, 0.25) is 5.91 Å². The van der Waals surface area contributed by atoms with Gasteiger partial charge < -0.3 is 5.73 Å². The molecule has 1 rings (SSSR count). The van der Waals surface area contributed by atoms with Gasteiger partial charge in [-0.15, -0.1) is 0 Å². The molecule has 2 N–H and O–H groups in total. The Labute approximate surface area is 113 Å². The predicted molar refractivity (Wildman–Crippen MR) is 72.6 cm³/mol. The fraction of sp³-hybridized carbons (Fsp3) is 0.833. The molecule has 1 aliphatic rings. The Morgan fingerprint density at radius 3 is 2.28 bits per heavy atom. The Hall–Kier alpha value is -0.910. The highest BCUT2D eigenvalue weighted by molar-refractivity contribution is 7.80. The first-order valence-corrected chi connectivity index (χ1v) is 7.06. The van der Waals surface area contributed by atoms with E-state index < -0.39 is 5.91 Å². The number of primary amides is 1. The lowest BCUT2D eigenvalue weighted by Gasteiger charge is -2.09. The van der Waals surface area contributed by atoms with Gasteiger partial charge in [0.05, 0.1) is 6.42 Å². The number of nitrogens with two attached hydrogens (primary N) is 1. The molecule has 0 unspecified atom stereocenters. The fourth-order valence-corrected chi connectivity index (χ4v) is 2.12. The van der Waals surface area contributed by atoms with Crippen LogP contribution in [0.25, 0.3) is 0 Å². The van der Waals surface area contributed by atoms with Crippen molar-refractivity contribution in [2.45, 2.75) is 57.0 Å². The van der Waals surface area contributed by atoms with Crippen molar-refractivity contribution in [1.29, 1.82) is 0 Å². The second-order valence-corrected chi connectivity index (χ2v) is 5.20. The van der Waals surface area contributed by atoms with Crippen molar-refractivity contribution < 1.29 is 9.59 Å². The maximum Gasteiger partial charge on any atom is 0.224 e. The van der Waals surface area contributed by atoms with Crippen LogP contribution in [0.4, 0.5) is 0 Å². The zero-order valence-electron chi connectivity index (χ0n) is 10.6. The molecule has 0 bridgehead atoms. The van der Waals surface area contributed by atoms with E-state index in [-0.39, 0.29) is 17.9 Å². The molecule has 0 atom stereocenters. The molecule has 0 aromatic carbocycles. The summed E-state index contributed by atoms with van der Waals surface area (Å²) in [6, 6.07) is 0. The van der Waals surface area contributed by atoms with Gasteiger partial charge in [0.15, 0.2) is 5.66 Å². The van der Waals surface area contributed by atoms with Gasteiger partial charge >= 0.3 is 0 Å². The van der Waals surface area contributed by atoms with Crippen LogP contribution < -0.4 is 5.73 Å². The van der Waals surface area contributed by atoms with Gasteiger partial charge in [0.25, 0.3) is 0 Å². The van der Waals surface area contributed by atoms with E-state index in [0.717, 1.165) is 31.4 Å². The number of thiol groups is 1. The molecule has 0 saturated carbocycles. The topological polar surface area (TPSA) is 84.9 Å². The summed E-state index contributed by atoms with van der Waals surface area (Å²) in [5.41, 5.74) is 4.64. The molecule has 0 radical (unpaired) electrons. The van der Waals surface area contributed by atoms with Crippen LogP contribution in [0.1, 0.15) is 51.4 Å². The number of hydrogen-bond donors (Lipinski definition) is 2. The molecule has 1 amide bonds. The van der Waals surface area contributed by atoms with Crippen molar-refractivity contribution in [3.05, 3.63) is 0 Å². The van der Waals surface area contributed by atoms with Crippen molar-refractivity contribution in [3.8, 4) is 0 Å². The Morgan fingerprint density at radius 1 is 1.06 bits per heavy atom. The molecule has 18 heavy (non-hydrogen) atoms. The Bertz CT molecular complexity index is 325. The number of carbonyl (C=O) groups is 2. The molecule has 5 nitrogen and oxygen atoms in total. The summed E-state index contributed by atoms with van der Waals surface area (Å²) in [7, 11) is 0. The molecule has 0 fully saturated rings. The van der Waals surface area contributed by atoms with E-state index in [2.05, 4.69) is 22.9 Å². The SMILES string of the molecule is NC(=O)CC(=O)CCC1(CCCCCCS)N=N1. The minimum atomic E-state index is -0.564. The maximum absolute atomic E-state index is 11.4. The van der Waals surface area contributed by atoms with Crippen molar-refractivity contribution in [2.75, 3.05) is 5.75 Å². The lowest BCUT2D eigenvalue weighted by atomic mass is 9.98. The van der Waals surface area contributed by atoms with Gasteiger partial charge in [-0.05, 0) is 25.0 Å². The highest BCUT2D eigenvalue weighted by Crippen LogP contribution is 2.38. The van der Waals surface area contributed by atoms with Crippen LogP contribution >= 0.6 is 12.6 Å². The number of carbonyl (C=O) groups excluding carboxylic acids is 2. The van der Waals surface area contributed by atoms with Crippen molar-refractivity contribution in [3.63, 3.8) is 0 Å². The lowest BCUT2D eigenvalue weighted by Crippen LogP contribution is -2.18. The minimum absolute atomic E-state index is 0.116. The van der Waals surface area contributed by atoms with E-state index in [9.17, 15) is 9.59 Å². The normalized spacial score (nSPS) is 15.6. The molecule has 0 aromatic heterocycles. The summed E-state index contributed by atoms with van der Waals surface area (Å²) >= 11 is 4.16. The van der Waals surface area contributed by atoms with E-state index in [1.807, 2.05) is 0 Å². The van der Waals surface area contributed by atoms with E-state index in [0.29, 0.717) is 12.8 Å². The highest BCUT2D eigenvalue weighted by Gasteiger charge is 2.39. The fourth-order valence-electron chi connectivity index (χ4n) is 1.89. The average molecular weight is 271 g/mol. The first-order valence-electron chi connectivity index (χ1n) is 6.43. The summed E-state index contributed by atoms with van der Waals surface area (Å²) in [6.07, 6.45) is 6.24. The van der Waals surface area contributed by atoms with E-state index in [1.54, 1.807) is 0 Å². The summed E-state index contributed by atoms with van der Waals surface area (Å²) in [4.78, 5) is 21.9. The molecule has 6 heteroatoms. The van der Waals surface area contributed by atoms with Crippen LogP contribution in [0.5, 0.6) is 0 Å². The second kappa shape index (κ2) is 7.51. The molecule has 1 aliphatic heterocycles. The van der Waals surface area contributed by atoms with Crippen LogP contribution in [-0.2, 0) is 9.59 Å². The summed E-state index contributed by atoms with van der Waals surface area (Å²) in [5, 5.41) is 8.09. The van der Waals surface area contributed by atoms with Gasteiger partial charge in [-0.1, -0.05) is 12.8 Å². The first kappa shape index (κ1) is 15.1. The first-order chi connectivity index (χ1) is 8.58. The monoisotopic (exact) mass is 271 g/mol. The second-order valence-electron chi connectivity index (χ2n) is 4.75. The number of rotatable bonds is 11. The molecular formula is C12H21N3O2S. The minimum Gasteiger partial charge on any atom is -0.369 e. The zero-order valence-corrected chi connectivity index (χ0v) is 11.5. The Balaban J connectivity index is 2.09. The average Bonchev–Trinajstić information content (AvgIpc) is 3.06. The van der Waals surface area contributed by atoms with Crippen LogP contribution in [0, 0.1) is 0 Å². The van der Waals surface area contributed by atoms with Gasteiger partial charge in [-0.3, -0.25) is 9.59 Å². The van der Waals surface area contributed by atoms with E-state index in [4.69, 9.17) is 5.73 Å². The number of Topliss-reactive ketones (excluding diaryl/α,β-unsaturated/α-hetero) is 1. The van der Waals surface area contributed by atoms with Crippen LogP contribution in [0.2, 0.25) is 0 Å². The molecular weight excluding hydrogens is 250 g/mol. The number of hydrogen-bond acceptors (Lipinski definition) is 5. The largest absolute Gasteiger partial charge is 0.369 e. The smallest absolute Gasteiger partial charge is 0.224 e. The van der Waals surface area contributed by atoms with Gasteiger partial charge in [0.1, 0.15) is 5.78 Å². The Morgan fingerprint density at radius 2 is 1.72 bits per heavy atom. The van der Waals surface area contributed by atoms with Crippen molar-refractivity contribution >= 4 is 24.3 Å². The standard InChI is InChI=1S/C12H21N3O2S/c13-11(17)9-10(16)5-7-12(14-15-12)6-3-1-2-4-8-18/h18H,1-9H2,(H2,13,17). The molecule has 0 aliphatic carbocycles. The molecule has 0 aromatic rings. The van der Waals surface area contributed by atoms with Crippen LogP contribution in [0.3, 0.4) is 0 Å². The third-order valence-electron chi connectivity index (χ3n) is 3.04. The molecule has 0 saturated heterocycles. The predicted octanol–water partition coefficient (Wildman–Crippen LogP) is 2.25. The van der Waals surface area contributed by atoms with Crippen molar-refractivity contribution in [2.24, 2.45) is 16.0 Å². The Kier molecular flexibility index (Phi) is 6.32. The summed E-state index contributed by atoms with van der Waals surface area (Å²) in [6.45, 7) is 0. The lowest BCUT2D eigenvalue weighted by molar-refractivity contribution is -0.126. The third kappa shape index (κ3) is 6.14. The van der Waals surface area contributed by atoms with Gasteiger partial charge in [-0.2, -0.15) is 22.9 Å². The molecule has 102 valence electrons.